The fourth-order valence-corrected chi connectivity index (χ4v) is 2.28. The van der Waals surface area contributed by atoms with E-state index in [1.807, 2.05) is 32.0 Å². The van der Waals surface area contributed by atoms with Gasteiger partial charge in [0.25, 0.3) is 0 Å². The summed E-state index contributed by atoms with van der Waals surface area (Å²) in [6.45, 7) is 4.72. The maximum absolute atomic E-state index is 12.3. The first kappa shape index (κ1) is 12.6. The number of anilines is 1. The average molecular weight is 243 g/mol. The number of carbonyl (C=O) groups excluding carboxylic acids is 1. The summed E-state index contributed by atoms with van der Waals surface area (Å²) in [5.74, 6) is 0.0615. The molecule has 1 aromatic rings. The van der Waals surface area contributed by atoms with Crippen molar-refractivity contribution in [2.45, 2.75) is 32.4 Å². The minimum Gasteiger partial charge on any atom is -0.310 e. The molecular weight excluding hydrogens is 226 g/mol. The Bertz CT molecular complexity index is 490. The normalized spacial score (nSPS) is 19.3. The molecule has 18 heavy (non-hydrogen) atoms. The zero-order valence-electron chi connectivity index (χ0n) is 10.7. The molecule has 1 N–H and O–H groups in total. The molecule has 1 heterocycles. The quantitative estimate of drug-likeness (QED) is 0.878. The minimum absolute atomic E-state index is 0.0615. The molecule has 0 spiro atoms. The van der Waals surface area contributed by atoms with Gasteiger partial charge in [0.1, 0.15) is 6.07 Å². The van der Waals surface area contributed by atoms with E-state index in [9.17, 15) is 4.79 Å². The molecule has 1 atom stereocenters. The number of para-hydroxylation sites is 1. The van der Waals surface area contributed by atoms with Gasteiger partial charge in [-0.1, -0.05) is 26.0 Å². The molecule has 1 amide bonds. The van der Waals surface area contributed by atoms with E-state index in [1.165, 1.54) is 0 Å². The Labute approximate surface area is 107 Å². The predicted molar refractivity (Wildman–Crippen MR) is 70.2 cm³/mol. The summed E-state index contributed by atoms with van der Waals surface area (Å²) in [5, 5.41) is 12.3. The van der Waals surface area contributed by atoms with Crippen LogP contribution in [0, 0.1) is 11.3 Å². The average Bonchev–Trinajstić information content (AvgIpc) is 2.70. The van der Waals surface area contributed by atoms with Crippen molar-refractivity contribution in [1.29, 1.82) is 5.26 Å². The van der Waals surface area contributed by atoms with Gasteiger partial charge in [-0.2, -0.15) is 5.26 Å². The lowest BCUT2D eigenvalue weighted by Crippen LogP contribution is -2.41. The topological polar surface area (TPSA) is 56.1 Å². The van der Waals surface area contributed by atoms with Crippen LogP contribution in [-0.4, -0.2) is 24.5 Å². The Morgan fingerprint density at radius 3 is 2.83 bits per heavy atom. The maximum atomic E-state index is 12.3. The number of nitrogens with zero attached hydrogens (tertiary/aromatic N) is 2. The molecule has 1 unspecified atom stereocenters. The van der Waals surface area contributed by atoms with Crippen LogP contribution < -0.4 is 10.2 Å². The molecule has 1 aliphatic rings. The maximum Gasteiger partial charge on any atom is 0.244 e. The number of rotatable bonds is 3. The van der Waals surface area contributed by atoms with Crippen molar-refractivity contribution in [3.63, 3.8) is 0 Å². The molecule has 1 fully saturated rings. The summed E-state index contributed by atoms with van der Waals surface area (Å²) in [5.41, 5.74) is 1.27. The molecule has 0 aromatic heterocycles. The molecule has 2 rings (SSSR count). The van der Waals surface area contributed by atoms with E-state index in [0.717, 1.165) is 12.1 Å². The smallest absolute Gasteiger partial charge is 0.244 e. The molecule has 94 valence electrons. The van der Waals surface area contributed by atoms with Crippen molar-refractivity contribution in [3.05, 3.63) is 29.8 Å². The van der Waals surface area contributed by atoms with Crippen molar-refractivity contribution in [3.8, 4) is 6.07 Å². The molecule has 1 aliphatic heterocycles. The molecule has 0 radical (unpaired) electrons. The molecule has 4 nitrogen and oxygen atoms in total. The lowest BCUT2D eigenvalue weighted by atomic mass is 10.2. The highest BCUT2D eigenvalue weighted by molar-refractivity contribution is 6.00. The summed E-state index contributed by atoms with van der Waals surface area (Å²) in [4.78, 5) is 14.0. The standard InChI is InChI=1S/C14H17N3O/c1-10(2)16-12-7-8-17(14(12)18)13-6-4-3-5-11(13)9-15/h3-6,10,12,16H,7-8H2,1-2H3. The van der Waals surface area contributed by atoms with Crippen LogP contribution in [-0.2, 0) is 4.79 Å². The van der Waals surface area contributed by atoms with Crippen LogP contribution in [0.2, 0.25) is 0 Å². The van der Waals surface area contributed by atoms with Gasteiger partial charge >= 0.3 is 0 Å². The first-order chi connectivity index (χ1) is 8.63. The van der Waals surface area contributed by atoms with E-state index < -0.39 is 0 Å². The molecule has 1 aromatic carbocycles. The second-order valence-electron chi connectivity index (χ2n) is 4.78. The van der Waals surface area contributed by atoms with E-state index in [2.05, 4.69) is 11.4 Å². The van der Waals surface area contributed by atoms with Gasteiger partial charge in [-0.15, -0.1) is 0 Å². The molecular formula is C14H17N3O. The SMILES string of the molecule is CC(C)NC1CCN(c2ccccc2C#N)C1=O. The highest BCUT2D eigenvalue weighted by Crippen LogP contribution is 2.25. The summed E-state index contributed by atoms with van der Waals surface area (Å²) in [6, 6.07) is 9.52. The fourth-order valence-electron chi connectivity index (χ4n) is 2.28. The minimum atomic E-state index is -0.128. The van der Waals surface area contributed by atoms with Gasteiger partial charge in [0, 0.05) is 12.6 Å². The van der Waals surface area contributed by atoms with Crippen molar-refractivity contribution in [1.82, 2.24) is 5.32 Å². The van der Waals surface area contributed by atoms with Gasteiger partial charge in [0.2, 0.25) is 5.91 Å². The Kier molecular flexibility index (Phi) is 3.63. The van der Waals surface area contributed by atoms with Crippen LogP contribution in [0.5, 0.6) is 0 Å². The third-order valence-corrected chi connectivity index (χ3v) is 3.06. The van der Waals surface area contributed by atoms with Crippen LogP contribution in [0.1, 0.15) is 25.8 Å². The fraction of sp³-hybridized carbons (Fsp3) is 0.429. The zero-order chi connectivity index (χ0) is 13.1. The van der Waals surface area contributed by atoms with Crippen LogP contribution in [0.15, 0.2) is 24.3 Å². The van der Waals surface area contributed by atoms with E-state index in [-0.39, 0.29) is 18.0 Å². The first-order valence-corrected chi connectivity index (χ1v) is 6.20. The summed E-state index contributed by atoms with van der Waals surface area (Å²) >= 11 is 0. The largest absolute Gasteiger partial charge is 0.310 e. The van der Waals surface area contributed by atoms with Gasteiger partial charge < -0.3 is 10.2 Å². The van der Waals surface area contributed by atoms with Gasteiger partial charge in [0.05, 0.1) is 17.3 Å². The second kappa shape index (κ2) is 5.19. The number of benzene rings is 1. The van der Waals surface area contributed by atoms with Gasteiger partial charge in [-0.25, -0.2) is 0 Å². The third kappa shape index (κ3) is 2.36. The monoisotopic (exact) mass is 243 g/mol. The number of nitriles is 1. The van der Waals surface area contributed by atoms with Crippen molar-refractivity contribution >= 4 is 11.6 Å². The number of hydrogen-bond donors (Lipinski definition) is 1. The molecule has 0 bridgehead atoms. The van der Waals surface area contributed by atoms with Crippen LogP contribution >= 0.6 is 0 Å². The predicted octanol–water partition coefficient (Wildman–Crippen LogP) is 1.66. The zero-order valence-corrected chi connectivity index (χ0v) is 10.7. The Balaban J connectivity index is 2.21. The van der Waals surface area contributed by atoms with Gasteiger partial charge in [-0.05, 0) is 18.6 Å². The highest BCUT2D eigenvalue weighted by Gasteiger charge is 2.33. The van der Waals surface area contributed by atoms with Crippen LogP contribution in [0.3, 0.4) is 0 Å². The first-order valence-electron chi connectivity index (χ1n) is 6.20. The molecule has 0 saturated carbocycles. The van der Waals surface area contributed by atoms with E-state index in [4.69, 9.17) is 5.26 Å². The van der Waals surface area contributed by atoms with Crippen molar-refractivity contribution in [2.75, 3.05) is 11.4 Å². The summed E-state index contributed by atoms with van der Waals surface area (Å²) < 4.78 is 0. The number of nitrogens with one attached hydrogen (secondary N) is 1. The molecule has 4 heteroatoms. The van der Waals surface area contributed by atoms with Crippen LogP contribution in [0.4, 0.5) is 5.69 Å². The van der Waals surface area contributed by atoms with Gasteiger partial charge in [0.15, 0.2) is 0 Å². The van der Waals surface area contributed by atoms with Gasteiger partial charge in [-0.3, -0.25) is 4.79 Å². The van der Waals surface area contributed by atoms with E-state index in [1.54, 1.807) is 11.0 Å². The van der Waals surface area contributed by atoms with E-state index in [0.29, 0.717) is 12.1 Å². The Hall–Kier alpha value is -1.86. The third-order valence-electron chi connectivity index (χ3n) is 3.06. The number of carbonyl (C=O) groups is 1. The lowest BCUT2D eigenvalue weighted by molar-refractivity contribution is -0.118. The van der Waals surface area contributed by atoms with Crippen LogP contribution in [0.25, 0.3) is 0 Å². The summed E-state index contributed by atoms with van der Waals surface area (Å²) in [6.07, 6.45) is 0.788. The number of hydrogen-bond acceptors (Lipinski definition) is 3. The second-order valence-corrected chi connectivity index (χ2v) is 4.78. The lowest BCUT2D eigenvalue weighted by Gasteiger charge is -2.19. The van der Waals surface area contributed by atoms with E-state index >= 15 is 0 Å². The highest BCUT2D eigenvalue weighted by atomic mass is 16.2. The molecule has 1 saturated heterocycles. The summed E-state index contributed by atoms with van der Waals surface area (Å²) in [7, 11) is 0. The Morgan fingerprint density at radius 2 is 2.17 bits per heavy atom. The van der Waals surface area contributed by atoms with Crippen molar-refractivity contribution < 1.29 is 4.79 Å². The molecule has 0 aliphatic carbocycles. The Morgan fingerprint density at radius 1 is 1.44 bits per heavy atom. The van der Waals surface area contributed by atoms with Crippen molar-refractivity contribution in [2.24, 2.45) is 0 Å². The number of amides is 1.